The first-order valence-electron chi connectivity index (χ1n) is 6.85. The number of rotatable bonds is 5. The van der Waals surface area contributed by atoms with Crippen LogP contribution in [0.5, 0.6) is 0 Å². The molecule has 0 bridgehead atoms. The van der Waals surface area contributed by atoms with Gasteiger partial charge in [0.15, 0.2) is 0 Å². The molecule has 23 heavy (non-hydrogen) atoms. The molecule has 1 aromatic heterocycles. The molecule has 124 valence electrons. The first kappa shape index (κ1) is 17.0. The molecule has 0 atom stereocenters. The predicted octanol–water partition coefficient (Wildman–Crippen LogP) is 2.83. The maximum Gasteiger partial charge on any atom is 0.416 e. The SMILES string of the molecule is Cn1cc(CCC(=O)NCc2ccc(C(F)(F)F)cc2F)cn1. The second-order valence-corrected chi connectivity index (χ2v) is 5.10. The van der Waals surface area contributed by atoms with Crippen LogP contribution < -0.4 is 5.32 Å². The van der Waals surface area contributed by atoms with Gasteiger partial charge < -0.3 is 5.32 Å². The Hall–Kier alpha value is -2.38. The van der Waals surface area contributed by atoms with Crippen molar-refractivity contribution < 1.29 is 22.4 Å². The molecule has 0 saturated heterocycles. The van der Waals surface area contributed by atoms with Gasteiger partial charge in [0, 0.05) is 31.8 Å². The van der Waals surface area contributed by atoms with Crippen LogP contribution in [-0.2, 0) is 31.0 Å². The summed E-state index contributed by atoms with van der Waals surface area (Å²) in [5.74, 6) is -1.31. The van der Waals surface area contributed by atoms with E-state index >= 15 is 0 Å². The van der Waals surface area contributed by atoms with E-state index in [0.717, 1.165) is 17.7 Å². The predicted molar refractivity (Wildman–Crippen MR) is 74.8 cm³/mol. The van der Waals surface area contributed by atoms with Gasteiger partial charge in [-0.05, 0) is 24.1 Å². The Kier molecular flexibility index (Phi) is 5.02. The molecule has 2 rings (SSSR count). The molecule has 0 fully saturated rings. The fourth-order valence-corrected chi connectivity index (χ4v) is 2.01. The number of hydrogen-bond donors (Lipinski definition) is 1. The zero-order chi connectivity index (χ0) is 17.0. The molecule has 0 unspecified atom stereocenters. The molecule has 1 amide bonds. The molecule has 4 nitrogen and oxygen atoms in total. The average Bonchev–Trinajstić information content (AvgIpc) is 2.88. The number of aryl methyl sites for hydroxylation is 2. The van der Waals surface area contributed by atoms with Crippen molar-refractivity contribution in [2.75, 3.05) is 0 Å². The third kappa shape index (κ3) is 4.80. The van der Waals surface area contributed by atoms with Crippen molar-refractivity contribution in [3.05, 3.63) is 53.1 Å². The van der Waals surface area contributed by atoms with Crippen LogP contribution in [0.25, 0.3) is 0 Å². The van der Waals surface area contributed by atoms with Crippen LogP contribution in [0.3, 0.4) is 0 Å². The van der Waals surface area contributed by atoms with Crippen LogP contribution in [0.2, 0.25) is 0 Å². The Labute approximate surface area is 130 Å². The summed E-state index contributed by atoms with van der Waals surface area (Å²) < 4.78 is 52.5. The van der Waals surface area contributed by atoms with Crippen LogP contribution in [0.15, 0.2) is 30.6 Å². The molecule has 2 aromatic rings. The fraction of sp³-hybridized carbons (Fsp3) is 0.333. The third-order valence-electron chi connectivity index (χ3n) is 3.26. The Morgan fingerprint density at radius 2 is 2.09 bits per heavy atom. The molecule has 1 N–H and O–H groups in total. The molecule has 0 radical (unpaired) electrons. The maximum atomic E-state index is 13.6. The van der Waals surface area contributed by atoms with Crippen molar-refractivity contribution in [1.29, 1.82) is 0 Å². The van der Waals surface area contributed by atoms with Gasteiger partial charge in [-0.1, -0.05) is 6.07 Å². The van der Waals surface area contributed by atoms with Gasteiger partial charge in [0.25, 0.3) is 0 Å². The van der Waals surface area contributed by atoms with Gasteiger partial charge in [-0.25, -0.2) is 4.39 Å². The number of alkyl halides is 3. The van der Waals surface area contributed by atoms with Gasteiger partial charge in [0.2, 0.25) is 5.91 Å². The number of carbonyl (C=O) groups is 1. The summed E-state index contributed by atoms with van der Waals surface area (Å²) in [5, 5.41) is 6.46. The van der Waals surface area contributed by atoms with Crippen LogP contribution in [0.1, 0.15) is 23.1 Å². The minimum atomic E-state index is -4.59. The van der Waals surface area contributed by atoms with Gasteiger partial charge in [-0.2, -0.15) is 18.3 Å². The van der Waals surface area contributed by atoms with Gasteiger partial charge in [-0.3, -0.25) is 9.48 Å². The second kappa shape index (κ2) is 6.80. The summed E-state index contributed by atoms with van der Waals surface area (Å²) in [6.07, 6.45) is -0.499. The molecule has 1 aromatic carbocycles. The molecule has 0 aliphatic carbocycles. The summed E-state index contributed by atoms with van der Waals surface area (Å²) in [7, 11) is 1.76. The first-order valence-corrected chi connectivity index (χ1v) is 6.85. The van der Waals surface area contributed by atoms with Crippen LogP contribution in [-0.4, -0.2) is 15.7 Å². The number of nitrogens with one attached hydrogen (secondary N) is 1. The van der Waals surface area contributed by atoms with Gasteiger partial charge >= 0.3 is 6.18 Å². The Balaban J connectivity index is 1.86. The standard InChI is InChI=1S/C15H15F4N3O/c1-22-9-10(7-21-22)2-5-14(23)20-8-11-3-4-12(6-13(11)16)15(17,18)19/h3-4,6-7,9H,2,5,8H2,1H3,(H,20,23). The fourth-order valence-electron chi connectivity index (χ4n) is 2.01. The van der Waals surface area contributed by atoms with Crippen molar-refractivity contribution in [1.82, 2.24) is 15.1 Å². The minimum Gasteiger partial charge on any atom is -0.352 e. The van der Waals surface area contributed by atoms with E-state index < -0.39 is 17.6 Å². The molecule has 0 aliphatic rings. The Morgan fingerprint density at radius 1 is 1.35 bits per heavy atom. The molecule has 1 heterocycles. The average molecular weight is 329 g/mol. The normalized spacial score (nSPS) is 11.5. The molecule has 0 saturated carbocycles. The van der Waals surface area contributed by atoms with E-state index in [2.05, 4.69) is 10.4 Å². The Morgan fingerprint density at radius 3 is 2.65 bits per heavy atom. The van der Waals surface area contributed by atoms with Crippen molar-refractivity contribution in [2.45, 2.75) is 25.6 Å². The molecule has 8 heteroatoms. The van der Waals surface area contributed by atoms with E-state index in [1.54, 1.807) is 24.1 Å². The highest BCUT2D eigenvalue weighted by Gasteiger charge is 2.31. The van der Waals surface area contributed by atoms with Crippen LogP contribution in [0.4, 0.5) is 17.6 Å². The number of carbonyl (C=O) groups excluding carboxylic acids is 1. The highest BCUT2D eigenvalue weighted by atomic mass is 19.4. The zero-order valence-corrected chi connectivity index (χ0v) is 12.3. The van der Waals surface area contributed by atoms with Gasteiger partial charge in [-0.15, -0.1) is 0 Å². The topological polar surface area (TPSA) is 46.9 Å². The first-order chi connectivity index (χ1) is 10.8. The van der Waals surface area contributed by atoms with Gasteiger partial charge in [0.05, 0.1) is 11.8 Å². The van der Waals surface area contributed by atoms with E-state index in [9.17, 15) is 22.4 Å². The highest BCUT2D eigenvalue weighted by Crippen LogP contribution is 2.30. The van der Waals surface area contributed by atoms with Crippen molar-refractivity contribution in [3.8, 4) is 0 Å². The minimum absolute atomic E-state index is 0.00716. The lowest BCUT2D eigenvalue weighted by atomic mass is 10.1. The number of halogens is 4. The molecular formula is C15H15F4N3O. The summed E-state index contributed by atoms with van der Waals surface area (Å²) in [4.78, 5) is 11.7. The van der Waals surface area contributed by atoms with Gasteiger partial charge in [0.1, 0.15) is 5.82 Å². The van der Waals surface area contributed by atoms with Crippen molar-refractivity contribution >= 4 is 5.91 Å². The zero-order valence-electron chi connectivity index (χ0n) is 12.3. The quantitative estimate of drug-likeness (QED) is 0.858. The lowest BCUT2D eigenvalue weighted by molar-refractivity contribution is -0.137. The van der Waals surface area contributed by atoms with E-state index in [0.29, 0.717) is 12.5 Å². The lowest BCUT2D eigenvalue weighted by Crippen LogP contribution is -2.23. The van der Waals surface area contributed by atoms with E-state index in [-0.39, 0.29) is 24.4 Å². The van der Waals surface area contributed by atoms with E-state index in [1.807, 2.05) is 0 Å². The van der Waals surface area contributed by atoms with Crippen molar-refractivity contribution in [3.63, 3.8) is 0 Å². The highest BCUT2D eigenvalue weighted by molar-refractivity contribution is 5.76. The monoisotopic (exact) mass is 329 g/mol. The maximum absolute atomic E-state index is 13.6. The number of benzene rings is 1. The second-order valence-electron chi connectivity index (χ2n) is 5.10. The van der Waals surface area contributed by atoms with E-state index in [1.165, 1.54) is 0 Å². The number of amides is 1. The summed E-state index contributed by atoms with van der Waals surface area (Å²) in [6, 6.07) is 2.25. The smallest absolute Gasteiger partial charge is 0.352 e. The van der Waals surface area contributed by atoms with Crippen molar-refractivity contribution in [2.24, 2.45) is 7.05 Å². The largest absolute Gasteiger partial charge is 0.416 e. The summed E-state index contributed by atoms with van der Waals surface area (Å²) >= 11 is 0. The summed E-state index contributed by atoms with van der Waals surface area (Å²) in [5.41, 5.74) is -0.155. The van der Waals surface area contributed by atoms with Crippen LogP contribution in [0, 0.1) is 5.82 Å². The summed E-state index contributed by atoms with van der Waals surface area (Å²) in [6.45, 7) is -0.157. The number of hydrogen-bond acceptors (Lipinski definition) is 2. The van der Waals surface area contributed by atoms with E-state index in [4.69, 9.17) is 0 Å². The third-order valence-corrected chi connectivity index (χ3v) is 3.26. The Bertz CT molecular complexity index is 694. The molecular weight excluding hydrogens is 314 g/mol. The van der Waals surface area contributed by atoms with Crippen LogP contribution >= 0.6 is 0 Å². The number of nitrogens with zero attached hydrogens (tertiary/aromatic N) is 2. The lowest BCUT2D eigenvalue weighted by Gasteiger charge is -2.10. The number of aromatic nitrogens is 2. The molecule has 0 aliphatic heterocycles. The molecule has 0 spiro atoms.